The molecule has 4 nitrogen and oxygen atoms in total. The lowest BCUT2D eigenvalue weighted by molar-refractivity contribution is 0.101. The van der Waals surface area contributed by atoms with Crippen LogP contribution in [0.1, 0.15) is 29.4 Å². The van der Waals surface area contributed by atoms with Crippen molar-refractivity contribution in [3.8, 4) is 0 Å². The first kappa shape index (κ1) is 16.1. The van der Waals surface area contributed by atoms with Crippen LogP contribution in [-0.4, -0.2) is 41.8 Å². The fraction of sp³-hybridized carbons (Fsp3) is 0.412. The SMILES string of the molecule is CC(=O)c1c(F)cccc1N1CCCN(Cc2cscn2)CC1. The second-order valence-electron chi connectivity index (χ2n) is 5.79. The van der Waals surface area contributed by atoms with Crippen molar-refractivity contribution in [2.75, 3.05) is 31.1 Å². The first-order valence-electron chi connectivity index (χ1n) is 7.79. The minimum atomic E-state index is -0.432. The van der Waals surface area contributed by atoms with Gasteiger partial charge in [-0.15, -0.1) is 11.3 Å². The smallest absolute Gasteiger partial charge is 0.164 e. The molecule has 1 aromatic carbocycles. The largest absolute Gasteiger partial charge is 0.370 e. The molecule has 0 radical (unpaired) electrons. The van der Waals surface area contributed by atoms with Gasteiger partial charge < -0.3 is 4.90 Å². The standard InChI is InChI=1S/C17H20FN3OS/c1-13(22)17-15(18)4-2-5-16(17)21-7-3-6-20(8-9-21)10-14-11-23-12-19-14/h2,4-5,11-12H,3,6-10H2,1H3. The average molecular weight is 333 g/mol. The number of aromatic nitrogens is 1. The van der Waals surface area contributed by atoms with Crippen molar-refractivity contribution in [3.63, 3.8) is 0 Å². The number of benzene rings is 1. The van der Waals surface area contributed by atoms with Gasteiger partial charge in [0.05, 0.1) is 22.5 Å². The Hall–Kier alpha value is -1.79. The molecule has 6 heteroatoms. The van der Waals surface area contributed by atoms with Crippen LogP contribution in [0.2, 0.25) is 0 Å². The summed E-state index contributed by atoms with van der Waals surface area (Å²) in [4.78, 5) is 20.6. The number of anilines is 1. The highest BCUT2D eigenvalue weighted by Crippen LogP contribution is 2.25. The molecule has 122 valence electrons. The van der Waals surface area contributed by atoms with Gasteiger partial charge in [0, 0.05) is 38.1 Å². The number of hydrogen-bond acceptors (Lipinski definition) is 5. The molecular weight excluding hydrogens is 313 g/mol. The zero-order valence-electron chi connectivity index (χ0n) is 13.2. The van der Waals surface area contributed by atoms with E-state index in [4.69, 9.17) is 0 Å². The maximum Gasteiger partial charge on any atom is 0.164 e. The molecule has 1 aliphatic rings. The Kier molecular flexibility index (Phi) is 5.03. The van der Waals surface area contributed by atoms with Gasteiger partial charge >= 0.3 is 0 Å². The number of rotatable bonds is 4. The van der Waals surface area contributed by atoms with Crippen LogP contribution in [0.4, 0.5) is 10.1 Å². The topological polar surface area (TPSA) is 36.4 Å². The summed E-state index contributed by atoms with van der Waals surface area (Å²) in [7, 11) is 0. The van der Waals surface area contributed by atoms with Crippen molar-refractivity contribution in [2.24, 2.45) is 0 Å². The summed E-state index contributed by atoms with van der Waals surface area (Å²) in [5.41, 5.74) is 3.87. The van der Waals surface area contributed by atoms with Crippen LogP contribution in [0, 0.1) is 5.82 Å². The van der Waals surface area contributed by atoms with E-state index in [9.17, 15) is 9.18 Å². The summed E-state index contributed by atoms with van der Waals surface area (Å²) >= 11 is 1.61. The first-order valence-corrected chi connectivity index (χ1v) is 8.73. The van der Waals surface area contributed by atoms with Crippen LogP contribution in [0.15, 0.2) is 29.1 Å². The van der Waals surface area contributed by atoms with Crippen molar-refractivity contribution < 1.29 is 9.18 Å². The summed E-state index contributed by atoms with van der Waals surface area (Å²) in [6.45, 7) is 5.75. The predicted octanol–water partition coefficient (Wildman–Crippen LogP) is 3.20. The molecule has 1 aromatic heterocycles. The van der Waals surface area contributed by atoms with E-state index in [0.717, 1.165) is 44.8 Å². The molecule has 23 heavy (non-hydrogen) atoms. The molecule has 0 bridgehead atoms. The predicted molar refractivity (Wildman–Crippen MR) is 90.6 cm³/mol. The Morgan fingerprint density at radius 3 is 2.91 bits per heavy atom. The summed E-state index contributed by atoms with van der Waals surface area (Å²) < 4.78 is 14.0. The number of thiazole rings is 1. The first-order chi connectivity index (χ1) is 11.1. The zero-order chi connectivity index (χ0) is 16.2. The highest BCUT2D eigenvalue weighted by atomic mass is 32.1. The van der Waals surface area contributed by atoms with E-state index in [1.165, 1.54) is 13.0 Å². The molecule has 2 aromatic rings. The Labute approximate surface area is 139 Å². The fourth-order valence-electron chi connectivity index (χ4n) is 3.04. The third kappa shape index (κ3) is 3.76. The van der Waals surface area contributed by atoms with E-state index in [1.807, 2.05) is 11.6 Å². The van der Waals surface area contributed by atoms with Crippen molar-refractivity contribution >= 4 is 22.8 Å². The van der Waals surface area contributed by atoms with Crippen LogP contribution in [0.5, 0.6) is 0 Å². The molecule has 2 heterocycles. The van der Waals surface area contributed by atoms with E-state index < -0.39 is 5.82 Å². The number of carbonyl (C=O) groups excluding carboxylic acids is 1. The molecule has 0 atom stereocenters. The number of hydrogen-bond donors (Lipinski definition) is 0. The summed E-state index contributed by atoms with van der Waals surface area (Å²) in [6.07, 6.45) is 0.984. The molecular formula is C17H20FN3OS. The lowest BCUT2D eigenvalue weighted by Gasteiger charge is -2.25. The normalized spacial score (nSPS) is 16.3. The van der Waals surface area contributed by atoms with E-state index in [0.29, 0.717) is 5.69 Å². The Balaban J connectivity index is 1.73. The molecule has 0 spiro atoms. The minimum Gasteiger partial charge on any atom is -0.370 e. The number of Topliss-reactive ketones (excluding diaryl/α,β-unsaturated/α-hetero) is 1. The quantitative estimate of drug-likeness (QED) is 0.805. The zero-order valence-corrected chi connectivity index (χ0v) is 14.0. The van der Waals surface area contributed by atoms with E-state index in [2.05, 4.69) is 20.2 Å². The maximum absolute atomic E-state index is 14.0. The molecule has 1 fully saturated rings. The second kappa shape index (κ2) is 7.19. The van der Waals surface area contributed by atoms with Gasteiger partial charge in [-0.25, -0.2) is 9.37 Å². The van der Waals surface area contributed by atoms with Crippen LogP contribution in [-0.2, 0) is 6.54 Å². The molecule has 0 aliphatic carbocycles. The minimum absolute atomic E-state index is 0.209. The molecule has 0 N–H and O–H groups in total. The number of carbonyl (C=O) groups is 1. The van der Waals surface area contributed by atoms with E-state index in [1.54, 1.807) is 17.4 Å². The number of nitrogens with zero attached hydrogens (tertiary/aromatic N) is 3. The second-order valence-corrected chi connectivity index (χ2v) is 6.51. The lowest BCUT2D eigenvalue weighted by Crippen LogP contribution is -2.31. The molecule has 0 unspecified atom stereocenters. The number of halogens is 1. The van der Waals surface area contributed by atoms with Gasteiger partial charge in [-0.3, -0.25) is 9.69 Å². The van der Waals surface area contributed by atoms with Gasteiger partial charge in [-0.05, 0) is 25.5 Å². The van der Waals surface area contributed by atoms with Crippen LogP contribution < -0.4 is 4.90 Å². The van der Waals surface area contributed by atoms with E-state index in [-0.39, 0.29) is 11.3 Å². The van der Waals surface area contributed by atoms with Gasteiger partial charge in [0.1, 0.15) is 5.82 Å². The van der Waals surface area contributed by atoms with Crippen molar-refractivity contribution in [1.29, 1.82) is 0 Å². The van der Waals surface area contributed by atoms with E-state index >= 15 is 0 Å². The van der Waals surface area contributed by atoms with Gasteiger partial charge in [0.15, 0.2) is 5.78 Å². The molecule has 0 saturated carbocycles. The fourth-order valence-corrected chi connectivity index (χ4v) is 3.59. The summed E-state index contributed by atoms with van der Waals surface area (Å²) in [5, 5.41) is 2.07. The van der Waals surface area contributed by atoms with Gasteiger partial charge in [-0.2, -0.15) is 0 Å². The van der Waals surface area contributed by atoms with Crippen molar-refractivity contribution in [1.82, 2.24) is 9.88 Å². The third-order valence-corrected chi connectivity index (χ3v) is 4.78. The Morgan fingerprint density at radius 2 is 2.17 bits per heavy atom. The maximum atomic E-state index is 14.0. The monoisotopic (exact) mass is 333 g/mol. The Bertz CT molecular complexity index is 674. The highest BCUT2D eigenvalue weighted by Gasteiger charge is 2.21. The van der Waals surface area contributed by atoms with Crippen LogP contribution in [0.25, 0.3) is 0 Å². The summed E-state index contributed by atoms with van der Waals surface area (Å²) in [6, 6.07) is 4.87. The van der Waals surface area contributed by atoms with Gasteiger partial charge in [-0.1, -0.05) is 6.07 Å². The molecule has 3 rings (SSSR count). The van der Waals surface area contributed by atoms with Gasteiger partial charge in [0.25, 0.3) is 0 Å². The summed E-state index contributed by atoms with van der Waals surface area (Å²) in [5.74, 6) is -0.653. The van der Waals surface area contributed by atoms with Crippen LogP contribution in [0.3, 0.4) is 0 Å². The molecule has 1 aliphatic heterocycles. The number of ketones is 1. The molecule has 0 amide bonds. The lowest BCUT2D eigenvalue weighted by atomic mass is 10.1. The highest BCUT2D eigenvalue weighted by molar-refractivity contribution is 7.07. The van der Waals surface area contributed by atoms with Crippen LogP contribution >= 0.6 is 11.3 Å². The Morgan fingerprint density at radius 1 is 1.30 bits per heavy atom. The van der Waals surface area contributed by atoms with Crippen molar-refractivity contribution in [2.45, 2.75) is 19.9 Å². The van der Waals surface area contributed by atoms with Gasteiger partial charge in [0.2, 0.25) is 0 Å². The molecule has 1 saturated heterocycles. The van der Waals surface area contributed by atoms with Crippen molar-refractivity contribution in [3.05, 3.63) is 46.2 Å². The average Bonchev–Trinajstić information content (AvgIpc) is 2.91. The third-order valence-electron chi connectivity index (χ3n) is 4.14.